The Kier molecular flexibility index (Phi) is 6.74. The summed E-state index contributed by atoms with van der Waals surface area (Å²) in [5, 5.41) is 18.4. The number of carboxylic acid groups (broad SMARTS) is 1. The fraction of sp³-hybridized carbons (Fsp3) is 0.133. The average molecular weight is 651 g/mol. The molecule has 0 saturated heterocycles. The molecule has 4 N–H and O–H groups in total. The summed E-state index contributed by atoms with van der Waals surface area (Å²) in [4.78, 5) is 11.1. The van der Waals surface area contributed by atoms with Gasteiger partial charge in [-0.1, -0.05) is 22.6 Å². The minimum atomic E-state index is -1.03. The van der Waals surface area contributed by atoms with E-state index in [0.29, 0.717) is 11.5 Å². The Hall–Kier alpha value is -0.340. The summed E-state index contributed by atoms with van der Waals surface area (Å²) < 4.78 is 7.21. The molecule has 2 atom stereocenters. The van der Waals surface area contributed by atoms with E-state index in [1.807, 2.05) is 34.7 Å². The van der Waals surface area contributed by atoms with Crippen molar-refractivity contribution in [3.63, 3.8) is 0 Å². The molecule has 0 saturated carbocycles. The maximum Gasteiger partial charge on any atom is 0.321 e. The monoisotopic (exact) mass is 651 g/mol. The van der Waals surface area contributed by atoms with Gasteiger partial charge in [0, 0.05) is 3.57 Å². The normalized spacial score (nSPS) is 13.4. The van der Waals surface area contributed by atoms with Gasteiger partial charge in [0.15, 0.2) is 0 Å². The van der Waals surface area contributed by atoms with Crippen molar-refractivity contribution in [1.29, 1.82) is 0 Å². The topological polar surface area (TPSA) is 92.8 Å². The van der Waals surface area contributed by atoms with Crippen LogP contribution in [-0.2, 0) is 4.79 Å². The molecule has 2 aromatic rings. The van der Waals surface area contributed by atoms with Crippen molar-refractivity contribution in [2.75, 3.05) is 0 Å². The number of benzene rings is 2. The number of halogens is 3. The number of carbonyl (C=O) groups is 1. The third-order valence-corrected chi connectivity index (χ3v) is 6.24. The zero-order valence-corrected chi connectivity index (χ0v) is 18.0. The summed E-state index contributed by atoms with van der Waals surface area (Å²) in [7, 11) is 0. The number of hydrogen-bond acceptors (Lipinski definition) is 4. The molecule has 0 fully saturated rings. The fourth-order valence-electron chi connectivity index (χ4n) is 1.79. The van der Waals surface area contributed by atoms with Crippen molar-refractivity contribution in [3.8, 4) is 17.2 Å². The Morgan fingerprint density at radius 1 is 1.13 bits per heavy atom. The Morgan fingerprint density at radius 3 is 2.30 bits per heavy atom. The Bertz CT molecular complexity index is 721. The van der Waals surface area contributed by atoms with Crippen molar-refractivity contribution in [3.05, 3.63) is 49.1 Å². The molecular weight excluding hydrogens is 639 g/mol. The van der Waals surface area contributed by atoms with Crippen LogP contribution in [0.3, 0.4) is 0 Å². The molecule has 0 bridgehead atoms. The largest absolute Gasteiger partial charge is 0.508 e. The summed E-state index contributed by atoms with van der Waals surface area (Å²) in [6.07, 6.45) is 0. The highest BCUT2D eigenvalue weighted by atomic mass is 127. The molecular formula is C15H12I3NO4. The van der Waals surface area contributed by atoms with Crippen LogP contribution < -0.4 is 10.5 Å². The van der Waals surface area contributed by atoms with Gasteiger partial charge in [-0.3, -0.25) is 4.79 Å². The van der Waals surface area contributed by atoms with Crippen LogP contribution >= 0.6 is 67.8 Å². The summed E-state index contributed by atoms with van der Waals surface area (Å²) >= 11 is 6.33. The van der Waals surface area contributed by atoms with Gasteiger partial charge < -0.3 is 20.7 Å². The molecule has 2 rings (SSSR count). The van der Waals surface area contributed by atoms with Crippen LogP contribution in [0.2, 0.25) is 0 Å². The summed E-state index contributed by atoms with van der Waals surface area (Å²) in [6, 6.07) is 9.22. The van der Waals surface area contributed by atoms with E-state index in [9.17, 15) is 9.90 Å². The van der Waals surface area contributed by atoms with Crippen LogP contribution in [0.1, 0.15) is 9.49 Å². The lowest BCUT2D eigenvalue weighted by Gasteiger charge is -2.18. The zero-order chi connectivity index (χ0) is 17.1. The Labute approximate surface area is 174 Å². The van der Waals surface area contributed by atoms with Crippen molar-refractivity contribution < 1.29 is 19.7 Å². The molecule has 0 amide bonds. The lowest BCUT2D eigenvalue weighted by Crippen LogP contribution is -2.34. The number of phenols is 1. The fourth-order valence-corrected chi connectivity index (χ4v) is 4.59. The Balaban J connectivity index is 2.29. The molecule has 0 aliphatic carbocycles. The van der Waals surface area contributed by atoms with E-state index < -0.39 is 12.0 Å². The van der Waals surface area contributed by atoms with Crippen LogP contribution in [0.5, 0.6) is 17.2 Å². The molecule has 23 heavy (non-hydrogen) atoms. The second-order valence-electron chi connectivity index (χ2n) is 4.67. The minimum Gasteiger partial charge on any atom is -0.508 e. The van der Waals surface area contributed by atoms with Crippen molar-refractivity contribution >= 4 is 73.7 Å². The quantitative estimate of drug-likeness (QED) is 0.332. The molecule has 2 aromatic carbocycles. The first-order valence-corrected chi connectivity index (χ1v) is 9.78. The number of rotatable bonds is 5. The zero-order valence-electron chi connectivity index (χ0n) is 11.5. The molecule has 0 aliphatic heterocycles. The number of aromatic hydroxyl groups is 1. The second-order valence-corrected chi connectivity index (χ2v) is 8.33. The van der Waals surface area contributed by atoms with Crippen LogP contribution in [0.25, 0.3) is 0 Å². The molecule has 5 nitrogen and oxygen atoms in total. The standard InChI is InChI=1S/C15H12I3NO4/c16-10-6-12(23-8-3-1-7(20)2-4-8)11(17)5-9(10)13(18)14(19)15(21)22/h1-6,13-14,20H,19H2,(H,21,22)/t13-,14-/m0/s1. The van der Waals surface area contributed by atoms with Crippen molar-refractivity contribution in [2.45, 2.75) is 9.97 Å². The third-order valence-electron chi connectivity index (χ3n) is 3.01. The summed E-state index contributed by atoms with van der Waals surface area (Å²) in [5.41, 5.74) is 6.58. The number of phenolic OH excluding ortho intramolecular Hbond substituents is 1. The number of alkyl halides is 1. The Morgan fingerprint density at radius 2 is 1.74 bits per heavy atom. The smallest absolute Gasteiger partial charge is 0.321 e. The van der Waals surface area contributed by atoms with Crippen LogP contribution in [0, 0.1) is 7.14 Å². The predicted octanol–water partition coefficient (Wildman–Crippen LogP) is 4.28. The number of carboxylic acids is 1. The SMILES string of the molecule is N[C@H](C(=O)O)[C@@H](I)c1cc(I)c(Oc2ccc(O)cc2)cc1I. The van der Waals surface area contributed by atoms with Gasteiger partial charge in [-0.15, -0.1) is 0 Å². The average Bonchev–Trinajstić information content (AvgIpc) is 2.51. The van der Waals surface area contributed by atoms with E-state index in [4.69, 9.17) is 15.6 Å². The first-order valence-electron chi connectivity index (χ1n) is 6.38. The van der Waals surface area contributed by atoms with Gasteiger partial charge in [-0.05, 0) is 87.1 Å². The van der Waals surface area contributed by atoms with E-state index in [1.165, 1.54) is 0 Å². The van der Waals surface area contributed by atoms with Gasteiger partial charge in [0.1, 0.15) is 23.3 Å². The number of aliphatic carboxylic acids is 1. The van der Waals surface area contributed by atoms with E-state index in [-0.39, 0.29) is 9.67 Å². The first kappa shape index (κ1) is 19.0. The highest BCUT2D eigenvalue weighted by molar-refractivity contribution is 14.1. The number of nitrogens with two attached hydrogens (primary N) is 1. The first-order chi connectivity index (χ1) is 10.8. The molecule has 0 aromatic heterocycles. The van der Waals surface area contributed by atoms with E-state index in [1.54, 1.807) is 24.3 Å². The van der Waals surface area contributed by atoms with Crippen LogP contribution in [0.15, 0.2) is 36.4 Å². The van der Waals surface area contributed by atoms with Crippen LogP contribution in [0.4, 0.5) is 0 Å². The lowest BCUT2D eigenvalue weighted by molar-refractivity contribution is -0.138. The van der Waals surface area contributed by atoms with Gasteiger partial charge in [0.25, 0.3) is 0 Å². The molecule has 0 heterocycles. The second kappa shape index (κ2) is 8.16. The van der Waals surface area contributed by atoms with Gasteiger partial charge in [-0.25, -0.2) is 0 Å². The predicted molar refractivity (Wildman–Crippen MR) is 112 cm³/mol. The molecule has 8 heteroatoms. The van der Waals surface area contributed by atoms with Crippen LogP contribution in [-0.4, -0.2) is 22.2 Å². The van der Waals surface area contributed by atoms with E-state index in [0.717, 1.165) is 12.7 Å². The molecule has 0 radical (unpaired) electrons. The number of ether oxygens (including phenoxy) is 1. The molecule has 0 unspecified atom stereocenters. The highest BCUT2D eigenvalue weighted by Crippen LogP contribution is 2.37. The van der Waals surface area contributed by atoms with Crippen molar-refractivity contribution in [1.82, 2.24) is 0 Å². The van der Waals surface area contributed by atoms with Crippen molar-refractivity contribution in [2.24, 2.45) is 5.73 Å². The van der Waals surface area contributed by atoms with Gasteiger partial charge in [-0.2, -0.15) is 0 Å². The minimum absolute atomic E-state index is 0.174. The third kappa shape index (κ3) is 4.82. The van der Waals surface area contributed by atoms with Gasteiger partial charge in [0.2, 0.25) is 0 Å². The van der Waals surface area contributed by atoms with E-state index >= 15 is 0 Å². The van der Waals surface area contributed by atoms with Gasteiger partial charge in [0.05, 0.1) is 7.49 Å². The summed E-state index contributed by atoms with van der Waals surface area (Å²) in [5.74, 6) is 0.418. The molecule has 0 aliphatic rings. The molecule has 122 valence electrons. The number of hydrogen-bond donors (Lipinski definition) is 3. The lowest BCUT2D eigenvalue weighted by atomic mass is 10.1. The highest BCUT2D eigenvalue weighted by Gasteiger charge is 2.26. The maximum absolute atomic E-state index is 11.1. The van der Waals surface area contributed by atoms with Gasteiger partial charge >= 0.3 is 5.97 Å². The maximum atomic E-state index is 11.1. The summed E-state index contributed by atoms with van der Waals surface area (Å²) in [6.45, 7) is 0. The molecule has 0 spiro atoms. The van der Waals surface area contributed by atoms with E-state index in [2.05, 4.69) is 45.2 Å².